The summed E-state index contributed by atoms with van der Waals surface area (Å²) in [6.45, 7) is 0. The van der Waals surface area contributed by atoms with Crippen LogP contribution in [0.5, 0.6) is 5.75 Å². The molecular weight excluding hydrogens is 276 g/mol. The van der Waals surface area contributed by atoms with Crippen LogP contribution in [0, 0.1) is 0 Å². The third-order valence-electron chi connectivity index (χ3n) is 4.14. The van der Waals surface area contributed by atoms with Crippen molar-refractivity contribution in [2.75, 3.05) is 19.1 Å². The molecule has 1 saturated carbocycles. The average molecular weight is 294 g/mol. The van der Waals surface area contributed by atoms with Gasteiger partial charge in [-0.2, -0.15) is 4.98 Å². The molecule has 1 aliphatic carbocycles. The lowest BCUT2D eigenvalue weighted by atomic mass is 10.1. The Kier molecular flexibility index (Phi) is 2.99. The maximum atomic E-state index is 5.22. The number of hydrogen-bond acceptors (Lipinski definition) is 4. The normalized spacial score (nSPS) is 14.3. The molecule has 0 bridgehead atoms. The highest BCUT2D eigenvalue weighted by Crippen LogP contribution is 2.29. The van der Waals surface area contributed by atoms with Crippen molar-refractivity contribution < 1.29 is 4.74 Å². The standard InChI is InChI=1S/C17H18N4O/c1-20(13-8-9-13)17-18-16-5-3-4-15(21(16)19-17)12-6-10-14(22-2)11-7-12/h3-7,10-11,13H,8-9H2,1-2H3. The second-order valence-corrected chi connectivity index (χ2v) is 5.66. The van der Waals surface area contributed by atoms with Gasteiger partial charge in [0.2, 0.25) is 5.95 Å². The van der Waals surface area contributed by atoms with E-state index in [0.29, 0.717) is 6.04 Å². The van der Waals surface area contributed by atoms with Crippen LogP contribution in [0.15, 0.2) is 42.5 Å². The first kappa shape index (κ1) is 13.1. The molecule has 5 heteroatoms. The second kappa shape index (κ2) is 5.02. The molecule has 1 aromatic carbocycles. The predicted octanol–water partition coefficient (Wildman–Crippen LogP) is 3.00. The first-order valence-corrected chi connectivity index (χ1v) is 7.49. The van der Waals surface area contributed by atoms with Crippen molar-refractivity contribution in [2.24, 2.45) is 0 Å². The van der Waals surface area contributed by atoms with E-state index in [-0.39, 0.29) is 0 Å². The number of pyridine rings is 1. The van der Waals surface area contributed by atoms with E-state index < -0.39 is 0 Å². The molecule has 1 aliphatic rings. The van der Waals surface area contributed by atoms with Gasteiger partial charge in [-0.1, -0.05) is 6.07 Å². The topological polar surface area (TPSA) is 42.7 Å². The van der Waals surface area contributed by atoms with E-state index in [1.807, 2.05) is 40.9 Å². The molecule has 22 heavy (non-hydrogen) atoms. The highest BCUT2D eigenvalue weighted by Gasteiger charge is 2.28. The summed E-state index contributed by atoms with van der Waals surface area (Å²) in [5, 5.41) is 4.69. The number of rotatable bonds is 4. The number of aromatic nitrogens is 3. The van der Waals surface area contributed by atoms with Crippen LogP contribution in [-0.4, -0.2) is 34.8 Å². The molecule has 3 aromatic rings. The lowest BCUT2D eigenvalue weighted by Crippen LogP contribution is -2.20. The quantitative estimate of drug-likeness (QED) is 0.742. The van der Waals surface area contributed by atoms with Gasteiger partial charge in [0.25, 0.3) is 0 Å². The van der Waals surface area contributed by atoms with E-state index in [1.54, 1.807) is 7.11 Å². The van der Waals surface area contributed by atoms with Gasteiger partial charge < -0.3 is 9.64 Å². The molecule has 0 radical (unpaired) electrons. The predicted molar refractivity (Wildman–Crippen MR) is 86.4 cm³/mol. The van der Waals surface area contributed by atoms with E-state index in [2.05, 4.69) is 23.0 Å². The van der Waals surface area contributed by atoms with Crippen molar-refractivity contribution in [2.45, 2.75) is 18.9 Å². The molecule has 1 fully saturated rings. The molecule has 0 spiro atoms. The van der Waals surface area contributed by atoms with Gasteiger partial charge in [0.1, 0.15) is 5.75 Å². The molecule has 5 nitrogen and oxygen atoms in total. The van der Waals surface area contributed by atoms with Crippen LogP contribution in [-0.2, 0) is 0 Å². The fourth-order valence-corrected chi connectivity index (χ4v) is 2.65. The van der Waals surface area contributed by atoms with Gasteiger partial charge >= 0.3 is 0 Å². The zero-order valence-electron chi connectivity index (χ0n) is 12.7. The van der Waals surface area contributed by atoms with Gasteiger partial charge in [0.05, 0.1) is 12.8 Å². The van der Waals surface area contributed by atoms with Gasteiger partial charge in [0.15, 0.2) is 5.65 Å². The summed E-state index contributed by atoms with van der Waals surface area (Å²) in [5.74, 6) is 1.65. The van der Waals surface area contributed by atoms with E-state index >= 15 is 0 Å². The third kappa shape index (κ3) is 2.19. The van der Waals surface area contributed by atoms with Crippen molar-refractivity contribution in [3.8, 4) is 17.0 Å². The Morgan fingerprint density at radius 1 is 1.14 bits per heavy atom. The SMILES string of the molecule is COc1ccc(-c2cccc3nc(N(C)C4CC4)nn23)cc1. The smallest absolute Gasteiger partial charge is 0.245 e. The van der Waals surface area contributed by atoms with E-state index in [0.717, 1.165) is 28.6 Å². The summed E-state index contributed by atoms with van der Waals surface area (Å²) in [6, 6.07) is 14.7. The van der Waals surface area contributed by atoms with Crippen molar-refractivity contribution in [1.29, 1.82) is 0 Å². The van der Waals surface area contributed by atoms with Gasteiger partial charge in [-0.05, 0) is 49.2 Å². The first-order chi connectivity index (χ1) is 10.8. The molecular formula is C17H18N4O. The Morgan fingerprint density at radius 2 is 1.91 bits per heavy atom. The minimum atomic E-state index is 0.599. The lowest BCUT2D eigenvalue weighted by molar-refractivity contribution is 0.415. The molecule has 112 valence electrons. The summed E-state index contributed by atoms with van der Waals surface area (Å²) in [7, 11) is 3.74. The maximum Gasteiger partial charge on any atom is 0.245 e. The number of anilines is 1. The molecule has 0 N–H and O–H groups in total. The van der Waals surface area contributed by atoms with Crippen LogP contribution in [0.2, 0.25) is 0 Å². The van der Waals surface area contributed by atoms with Gasteiger partial charge in [-0.3, -0.25) is 0 Å². The third-order valence-corrected chi connectivity index (χ3v) is 4.14. The molecule has 0 unspecified atom stereocenters. The van der Waals surface area contributed by atoms with Crippen LogP contribution in [0.1, 0.15) is 12.8 Å². The summed E-state index contributed by atoms with van der Waals surface area (Å²) < 4.78 is 7.13. The number of benzene rings is 1. The lowest BCUT2D eigenvalue weighted by Gasteiger charge is -2.12. The average Bonchev–Trinajstić information content (AvgIpc) is 3.32. The zero-order valence-corrected chi connectivity index (χ0v) is 12.7. The number of fused-ring (bicyclic) bond motifs is 1. The Bertz CT molecular complexity index is 805. The van der Waals surface area contributed by atoms with Crippen molar-refractivity contribution in [3.05, 3.63) is 42.5 Å². The molecule has 0 saturated heterocycles. The molecule has 0 atom stereocenters. The second-order valence-electron chi connectivity index (χ2n) is 5.66. The highest BCUT2D eigenvalue weighted by atomic mass is 16.5. The Morgan fingerprint density at radius 3 is 2.59 bits per heavy atom. The van der Waals surface area contributed by atoms with E-state index in [9.17, 15) is 0 Å². The fourth-order valence-electron chi connectivity index (χ4n) is 2.65. The number of methoxy groups -OCH3 is 1. The largest absolute Gasteiger partial charge is 0.497 e. The first-order valence-electron chi connectivity index (χ1n) is 7.49. The highest BCUT2D eigenvalue weighted by molar-refractivity contribution is 5.64. The molecule has 2 aromatic heterocycles. The number of nitrogens with zero attached hydrogens (tertiary/aromatic N) is 4. The maximum absolute atomic E-state index is 5.22. The Balaban J connectivity index is 1.79. The molecule has 0 amide bonds. The van der Waals surface area contributed by atoms with E-state index in [4.69, 9.17) is 9.84 Å². The summed E-state index contributed by atoms with van der Waals surface area (Å²) in [6.07, 6.45) is 2.47. The van der Waals surface area contributed by atoms with Crippen LogP contribution < -0.4 is 9.64 Å². The zero-order chi connectivity index (χ0) is 15.1. The van der Waals surface area contributed by atoms with Crippen LogP contribution >= 0.6 is 0 Å². The Labute approximate surface area is 129 Å². The van der Waals surface area contributed by atoms with Crippen LogP contribution in [0.3, 0.4) is 0 Å². The Hall–Kier alpha value is -2.56. The molecule has 0 aliphatic heterocycles. The van der Waals surface area contributed by atoms with Gasteiger partial charge in [-0.25, -0.2) is 4.52 Å². The molecule has 2 heterocycles. The van der Waals surface area contributed by atoms with Gasteiger partial charge in [0, 0.05) is 18.7 Å². The van der Waals surface area contributed by atoms with Crippen molar-refractivity contribution in [1.82, 2.24) is 14.6 Å². The van der Waals surface area contributed by atoms with Crippen molar-refractivity contribution in [3.63, 3.8) is 0 Å². The van der Waals surface area contributed by atoms with Crippen molar-refractivity contribution >= 4 is 11.6 Å². The minimum absolute atomic E-state index is 0.599. The molecule has 4 rings (SSSR count). The minimum Gasteiger partial charge on any atom is -0.497 e. The van der Waals surface area contributed by atoms with Gasteiger partial charge in [-0.15, -0.1) is 5.10 Å². The van der Waals surface area contributed by atoms with Crippen LogP contribution in [0.25, 0.3) is 16.9 Å². The summed E-state index contributed by atoms with van der Waals surface area (Å²) >= 11 is 0. The monoisotopic (exact) mass is 294 g/mol. The summed E-state index contributed by atoms with van der Waals surface area (Å²) in [5.41, 5.74) is 3.00. The number of hydrogen-bond donors (Lipinski definition) is 0. The number of ether oxygens (including phenoxy) is 1. The van der Waals surface area contributed by atoms with Crippen LogP contribution in [0.4, 0.5) is 5.95 Å². The van der Waals surface area contributed by atoms with E-state index in [1.165, 1.54) is 12.8 Å². The summed E-state index contributed by atoms with van der Waals surface area (Å²) in [4.78, 5) is 6.82. The fraction of sp³-hybridized carbons (Fsp3) is 0.294.